The van der Waals surface area contributed by atoms with Gasteiger partial charge in [-0.25, -0.2) is 0 Å². The van der Waals surface area contributed by atoms with Gasteiger partial charge in [0.2, 0.25) is 0 Å². The highest BCUT2D eigenvalue weighted by Crippen LogP contribution is 2.28. The van der Waals surface area contributed by atoms with Gasteiger partial charge >= 0.3 is 0 Å². The molecule has 0 atom stereocenters. The third kappa shape index (κ3) is 3.01. The molecule has 122 valence electrons. The van der Waals surface area contributed by atoms with Crippen LogP contribution in [0.2, 0.25) is 0 Å². The number of amides is 1. The zero-order valence-electron chi connectivity index (χ0n) is 13.6. The van der Waals surface area contributed by atoms with E-state index in [9.17, 15) is 4.79 Å². The van der Waals surface area contributed by atoms with E-state index in [1.807, 2.05) is 30.3 Å². The Morgan fingerprint density at radius 3 is 2.42 bits per heavy atom. The van der Waals surface area contributed by atoms with Crippen molar-refractivity contribution in [2.24, 2.45) is 0 Å². The summed E-state index contributed by atoms with van der Waals surface area (Å²) in [5, 5.41) is 3.95. The number of hydrogen-bond acceptors (Lipinski definition) is 4. The van der Waals surface area contributed by atoms with Crippen LogP contribution in [-0.2, 0) is 6.54 Å². The van der Waals surface area contributed by atoms with Gasteiger partial charge < -0.3 is 14.8 Å². The molecule has 1 amide bonds. The number of carbonyl (C=O) groups is 1. The van der Waals surface area contributed by atoms with Crippen LogP contribution in [0.1, 0.15) is 15.9 Å². The average molecular weight is 322 g/mol. The van der Waals surface area contributed by atoms with Crippen molar-refractivity contribution in [1.82, 2.24) is 10.3 Å². The first-order valence-electron chi connectivity index (χ1n) is 7.56. The summed E-state index contributed by atoms with van der Waals surface area (Å²) in [7, 11) is 3.06. The number of rotatable bonds is 5. The molecular weight excluding hydrogens is 304 g/mol. The lowest BCUT2D eigenvalue weighted by molar-refractivity contribution is 0.0945. The van der Waals surface area contributed by atoms with Crippen LogP contribution in [-0.4, -0.2) is 25.1 Å². The normalized spacial score (nSPS) is 10.4. The van der Waals surface area contributed by atoms with E-state index in [0.29, 0.717) is 23.6 Å². The van der Waals surface area contributed by atoms with Gasteiger partial charge in [0.25, 0.3) is 5.91 Å². The molecule has 3 rings (SSSR count). The first-order chi connectivity index (χ1) is 11.7. The lowest BCUT2D eigenvalue weighted by Crippen LogP contribution is -2.24. The first kappa shape index (κ1) is 15.8. The highest BCUT2D eigenvalue weighted by molar-refractivity contribution is 5.99. The zero-order chi connectivity index (χ0) is 16.9. The molecule has 0 saturated heterocycles. The Labute approximate surface area is 140 Å². The van der Waals surface area contributed by atoms with Crippen molar-refractivity contribution in [3.63, 3.8) is 0 Å². The molecule has 24 heavy (non-hydrogen) atoms. The maximum Gasteiger partial charge on any atom is 0.259 e. The van der Waals surface area contributed by atoms with E-state index in [4.69, 9.17) is 9.47 Å². The van der Waals surface area contributed by atoms with Crippen LogP contribution in [0, 0.1) is 0 Å². The molecule has 5 nitrogen and oxygen atoms in total. The van der Waals surface area contributed by atoms with Crippen LogP contribution in [0.3, 0.4) is 0 Å². The van der Waals surface area contributed by atoms with Gasteiger partial charge in [0.05, 0.1) is 19.7 Å². The van der Waals surface area contributed by atoms with Crippen LogP contribution in [0.15, 0.2) is 54.7 Å². The van der Waals surface area contributed by atoms with E-state index in [1.54, 1.807) is 24.4 Å². The summed E-state index contributed by atoms with van der Waals surface area (Å²) >= 11 is 0. The minimum Gasteiger partial charge on any atom is -0.496 e. The number of ether oxygens (including phenoxy) is 2. The molecule has 1 N–H and O–H groups in total. The Morgan fingerprint density at radius 2 is 1.71 bits per heavy atom. The Bertz CT molecular complexity index is 850. The van der Waals surface area contributed by atoms with E-state index >= 15 is 0 Å². The predicted molar refractivity (Wildman–Crippen MR) is 92.5 cm³/mol. The highest BCUT2D eigenvalue weighted by atomic mass is 16.5. The minimum absolute atomic E-state index is 0.245. The third-order valence-corrected chi connectivity index (χ3v) is 3.83. The van der Waals surface area contributed by atoms with Crippen molar-refractivity contribution in [3.05, 3.63) is 65.9 Å². The number of hydrogen-bond donors (Lipinski definition) is 1. The number of pyridine rings is 1. The highest BCUT2D eigenvalue weighted by Gasteiger charge is 2.18. The summed E-state index contributed by atoms with van der Waals surface area (Å²) < 4.78 is 10.6. The fourth-order valence-corrected chi connectivity index (χ4v) is 2.65. The molecule has 0 saturated carbocycles. The quantitative estimate of drug-likeness (QED) is 0.784. The Morgan fingerprint density at radius 1 is 1.00 bits per heavy atom. The number of carbonyl (C=O) groups excluding carboxylic acids is 1. The van der Waals surface area contributed by atoms with Crippen molar-refractivity contribution in [2.75, 3.05) is 14.2 Å². The Hall–Kier alpha value is -3.08. The van der Waals surface area contributed by atoms with Gasteiger partial charge in [0, 0.05) is 18.1 Å². The second-order valence-electron chi connectivity index (χ2n) is 5.21. The molecule has 0 radical (unpaired) electrons. The Kier molecular flexibility index (Phi) is 4.61. The maximum absolute atomic E-state index is 12.6. The van der Waals surface area contributed by atoms with Crippen LogP contribution in [0.25, 0.3) is 10.9 Å². The van der Waals surface area contributed by atoms with Gasteiger partial charge in [0.1, 0.15) is 17.1 Å². The molecular formula is C19H18N2O3. The third-order valence-electron chi connectivity index (χ3n) is 3.83. The molecule has 1 aromatic heterocycles. The van der Waals surface area contributed by atoms with Gasteiger partial charge in [0.15, 0.2) is 0 Å². The molecule has 0 aliphatic rings. The van der Waals surface area contributed by atoms with E-state index in [1.165, 1.54) is 14.2 Å². The number of aromatic nitrogens is 1. The second-order valence-corrected chi connectivity index (χ2v) is 5.21. The molecule has 1 heterocycles. The minimum atomic E-state index is -0.245. The van der Waals surface area contributed by atoms with Gasteiger partial charge in [-0.1, -0.05) is 24.3 Å². The van der Waals surface area contributed by atoms with Gasteiger partial charge in [-0.2, -0.15) is 0 Å². The lowest BCUT2D eigenvalue weighted by Gasteiger charge is -2.13. The molecule has 5 heteroatoms. The molecule has 2 aromatic carbocycles. The fraction of sp³-hybridized carbons (Fsp3) is 0.158. The number of para-hydroxylation sites is 1. The van der Waals surface area contributed by atoms with Crippen molar-refractivity contribution in [2.45, 2.75) is 6.54 Å². The molecule has 0 fully saturated rings. The van der Waals surface area contributed by atoms with E-state index in [2.05, 4.69) is 10.3 Å². The molecule has 0 bridgehead atoms. The van der Waals surface area contributed by atoms with Crippen molar-refractivity contribution in [3.8, 4) is 11.5 Å². The second kappa shape index (κ2) is 7.00. The molecule has 0 aliphatic carbocycles. The largest absolute Gasteiger partial charge is 0.496 e. The van der Waals surface area contributed by atoms with Gasteiger partial charge in [-0.05, 0) is 29.8 Å². The van der Waals surface area contributed by atoms with Gasteiger partial charge in [-0.3, -0.25) is 9.78 Å². The topological polar surface area (TPSA) is 60.5 Å². The van der Waals surface area contributed by atoms with Crippen molar-refractivity contribution < 1.29 is 14.3 Å². The summed E-state index contributed by atoms with van der Waals surface area (Å²) in [5.74, 6) is 0.711. The van der Waals surface area contributed by atoms with Crippen LogP contribution < -0.4 is 14.8 Å². The summed E-state index contributed by atoms with van der Waals surface area (Å²) in [6.07, 6.45) is 1.74. The molecule has 0 unspecified atom stereocenters. The summed E-state index contributed by atoms with van der Waals surface area (Å²) in [6, 6.07) is 15.0. The number of methoxy groups -OCH3 is 2. The first-order valence-corrected chi connectivity index (χ1v) is 7.56. The maximum atomic E-state index is 12.6. The smallest absolute Gasteiger partial charge is 0.259 e. The zero-order valence-corrected chi connectivity index (χ0v) is 13.6. The molecule has 3 aromatic rings. The predicted octanol–water partition coefficient (Wildman–Crippen LogP) is 3.18. The van der Waals surface area contributed by atoms with Crippen LogP contribution in [0.4, 0.5) is 0 Å². The fourth-order valence-electron chi connectivity index (χ4n) is 2.65. The van der Waals surface area contributed by atoms with Crippen LogP contribution in [0.5, 0.6) is 11.5 Å². The summed E-state index contributed by atoms with van der Waals surface area (Å²) in [4.78, 5) is 17.0. The number of benzene rings is 2. The number of fused-ring (bicyclic) bond motifs is 1. The SMILES string of the molecule is COc1cccc(OC)c1C(=O)NCc1ccnc2ccccc12. The number of nitrogens with zero attached hydrogens (tertiary/aromatic N) is 1. The van der Waals surface area contributed by atoms with E-state index < -0.39 is 0 Å². The van der Waals surface area contributed by atoms with E-state index in [0.717, 1.165) is 16.5 Å². The Balaban J connectivity index is 1.86. The molecule has 0 spiro atoms. The van der Waals surface area contributed by atoms with Crippen molar-refractivity contribution >= 4 is 16.8 Å². The van der Waals surface area contributed by atoms with E-state index in [-0.39, 0.29) is 5.91 Å². The standard InChI is InChI=1S/C19H18N2O3/c1-23-16-8-5-9-17(24-2)18(16)19(22)21-12-13-10-11-20-15-7-4-3-6-14(13)15/h3-11H,12H2,1-2H3,(H,21,22). The lowest BCUT2D eigenvalue weighted by atomic mass is 10.1. The summed E-state index contributed by atoms with van der Waals surface area (Å²) in [5.41, 5.74) is 2.29. The van der Waals surface area contributed by atoms with Crippen molar-refractivity contribution in [1.29, 1.82) is 0 Å². The monoisotopic (exact) mass is 322 g/mol. The number of nitrogens with one attached hydrogen (secondary N) is 1. The van der Waals surface area contributed by atoms with Gasteiger partial charge in [-0.15, -0.1) is 0 Å². The van der Waals surface area contributed by atoms with Crippen LogP contribution >= 0.6 is 0 Å². The summed E-state index contributed by atoms with van der Waals surface area (Å²) in [6.45, 7) is 0.392. The average Bonchev–Trinajstić information content (AvgIpc) is 2.65. The molecule has 0 aliphatic heterocycles.